The fourth-order valence-corrected chi connectivity index (χ4v) is 3.86. The number of methoxy groups -OCH3 is 1. The van der Waals surface area contributed by atoms with Crippen LogP contribution in [0.2, 0.25) is 5.02 Å². The topological polar surface area (TPSA) is 102 Å². The van der Waals surface area contributed by atoms with Crippen LogP contribution in [0.1, 0.15) is 16.8 Å². The molecule has 0 aliphatic rings. The molecule has 0 radical (unpaired) electrons. The lowest BCUT2D eigenvalue weighted by molar-refractivity contribution is 0.102. The molecule has 2 heterocycles. The summed E-state index contributed by atoms with van der Waals surface area (Å²) in [6.45, 7) is 1.43. The third kappa shape index (κ3) is 7.07. The fraction of sp³-hybridized carbons (Fsp3) is 0.172. The SMILES string of the molecule is C#CCN(C#C)CCCOc1cc2ncnc(Nc3ccc(NC(=O)c4cccc(Cl)c4)nc3)c2cc1OC. The van der Waals surface area contributed by atoms with Crippen molar-refractivity contribution in [2.24, 2.45) is 0 Å². The lowest BCUT2D eigenvalue weighted by Crippen LogP contribution is -2.20. The Balaban J connectivity index is 1.44. The maximum atomic E-state index is 12.4. The molecule has 4 aromatic rings. The number of fused-ring (bicyclic) bond motifs is 1. The van der Waals surface area contributed by atoms with Gasteiger partial charge in [0.25, 0.3) is 5.91 Å². The van der Waals surface area contributed by atoms with E-state index in [1.807, 2.05) is 6.07 Å². The van der Waals surface area contributed by atoms with E-state index in [4.69, 9.17) is 33.9 Å². The number of benzene rings is 2. The number of pyridine rings is 1. The minimum Gasteiger partial charge on any atom is -0.493 e. The quantitative estimate of drug-likeness (QED) is 0.156. The Labute approximate surface area is 231 Å². The molecule has 0 spiro atoms. The first-order chi connectivity index (χ1) is 19.0. The number of anilines is 3. The number of amides is 1. The van der Waals surface area contributed by atoms with Crippen LogP contribution < -0.4 is 20.1 Å². The molecular formula is C29H25ClN6O3. The number of nitrogens with one attached hydrogen (secondary N) is 2. The Morgan fingerprint density at radius 2 is 1.97 bits per heavy atom. The Morgan fingerprint density at radius 1 is 1.10 bits per heavy atom. The van der Waals surface area contributed by atoms with Crippen LogP contribution >= 0.6 is 11.6 Å². The van der Waals surface area contributed by atoms with Gasteiger partial charge in [0.05, 0.1) is 37.7 Å². The number of hydrogen-bond donors (Lipinski definition) is 2. The van der Waals surface area contributed by atoms with Gasteiger partial charge >= 0.3 is 0 Å². The number of halogens is 1. The molecule has 0 bridgehead atoms. The summed E-state index contributed by atoms with van der Waals surface area (Å²) in [5.41, 5.74) is 1.77. The second-order valence-corrected chi connectivity index (χ2v) is 8.66. The van der Waals surface area contributed by atoms with Crippen molar-refractivity contribution in [3.05, 3.63) is 71.6 Å². The molecule has 0 atom stereocenters. The number of nitrogens with zero attached hydrogens (tertiary/aromatic N) is 4. The van der Waals surface area contributed by atoms with Crippen LogP contribution in [0.25, 0.3) is 10.9 Å². The van der Waals surface area contributed by atoms with Crippen molar-refractivity contribution in [1.29, 1.82) is 0 Å². The van der Waals surface area contributed by atoms with Crippen LogP contribution in [0.15, 0.2) is 61.1 Å². The summed E-state index contributed by atoms with van der Waals surface area (Å²) in [4.78, 5) is 27.2. The highest BCUT2D eigenvalue weighted by atomic mass is 35.5. The van der Waals surface area contributed by atoms with E-state index >= 15 is 0 Å². The van der Waals surface area contributed by atoms with Crippen LogP contribution in [0.3, 0.4) is 0 Å². The first-order valence-electron chi connectivity index (χ1n) is 11.9. The number of rotatable bonds is 11. The Hall–Kier alpha value is -4.99. The van der Waals surface area contributed by atoms with Crippen LogP contribution in [0.4, 0.5) is 17.3 Å². The van der Waals surface area contributed by atoms with E-state index in [9.17, 15) is 4.79 Å². The van der Waals surface area contributed by atoms with Crippen LogP contribution in [-0.2, 0) is 0 Å². The molecule has 0 aliphatic heterocycles. The summed E-state index contributed by atoms with van der Waals surface area (Å²) in [6, 6.07) is 16.3. The molecule has 1 amide bonds. The van der Waals surface area contributed by atoms with E-state index in [2.05, 4.69) is 37.6 Å². The third-order valence-electron chi connectivity index (χ3n) is 5.57. The van der Waals surface area contributed by atoms with Crippen molar-refractivity contribution < 1.29 is 14.3 Å². The largest absolute Gasteiger partial charge is 0.493 e. The minimum absolute atomic E-state index is 0.307. The first kappa shape index (κ1) is 27.1. The monoisotopic (exact) mass is 540 g/mol. The average molecular weight is 541 g/mol. The molecule has 10 heteroatoms. The Morgan fingerprint density at radius 3 is 2.69 bits per heavy atom. The van der Waals surface area contributed by atoms with Gasteiger partial charge in [0.2, 0.25) is 0 Å². The Bertz CT molecular complexity index is 1550. The second-order valence-electron chi connectivity index (χ2n) is 8.22. The summed E-state index contributed by atoms with van der Waals surface area (Å²) in [6.07, 6.45) is 14.5. The molecule has 0 saturated carbocycles. The predicted octanol–water partition coefficient (Wildman–Crippen LogP) is 4.98. The summed E-state index contributed by atoms with van der Waals surface area (Å²) in [5, 5.41) is 7.20. The van der Waals surface area contributed by atoms with Gasteiger partial charge in [-0.3, -0.25) is 4.79 Å². The number of carbonyl (C=O) groups excluding carboxylic acids is 1. The van der Waals surface area contributed by atoms with Gasteiger partial charge in [-0.1, -0.05) is 30.0 Å². The highest BCUT2D eigenvalue weighted by Gasteiger charge is 2.13. The summed E-state index contributed by atoms with van der Waals surface area (Å²) < 4.78 is 11.5. The lowest BCUT2D eigenvalue weighted by Gasteiger charge is -2.16. The summed E-state index contributed by atoms with van der Waals surface area (Å²) >= 11 is 5.97. The number of ether oxygens (including phenoxy) is 2. The number of terminal acetylenes is 2. The molecule has 2 aromatic heterocycles. The van der Waals surface area contributed by atoms with Gasteiger partial charge in [0.1, 0.15) is 18.0 Å². The van der Waals surface area contributed by atoms with Gasteiger partial charge in [-0.25, -0.2) is 15.0 Å². The van der Waals surface area contributed by atoms with E-state index in [0.717, 1.165) is 5.39 Å². The van der Waals surface area contributed by atoms with E-state index in [1.165, 1.54) is 6.33 Å². The molecule has 2 aromatic carbocycles. The van der Waals surface area contributed by atoms with E-state index in [0.29, 0.717) is 71.0 Å². The van der Waals surface area contributed by atoms with Gasteiger partial charge in [0, 0.05) is 34.6 Å². The van der Waals surface area contributed by atoms with Gasteiger partial charge < -0.3 is 25.0 Å². The van der Waals surface area contributed by atoms with E-state index in [1.54, 1.807) is 60.7 Å². The first-order valence-corrected chi connectivity index (χ1v) is 12.3. The minimum atomic E-state index is -0.307. The third-order valence-corrected chi connectivity index (χ3v) is 5.81. The zero-order chi connectivity index (χ0) is 27.6. The zero-order valence-corrected chi connectivity index (χ0v) is 21.9. The van der Waals surface area contributed by atoms with E-state index in [-0.39, 0.29) is 5.91 Å². The molecule has 0 fully saturated rings. The van der Waals surface area contributed by atoms with Crippen molar-refractivity contribution in [2.75, 3.05) is 37.4 Å². The van der Waals surface area contributed by atoms with Crippen molar-refractivity contribution in [3.63, 3.8) is 0 Å². The van der Waals surface area contributed by atoms with Crippen molar-refractivity contribution in [2.45, 2.75) is 6.42 Å². The standard InChI is InChI=1S/C29H25ClN6O3/c1-4-12-36(5-2)13-7-14-39-26-17-24-23(16-25(26)38-3)28(33-19-32-24)34-22-10-11-27(31-18-22)35-29(37)20-8-6-9-21(30)15-20/h1-2,6,8-11,15-19H,7,12-14H2,3H3,(H,31,35,37)(H,32,33,34). The van der Waals surface area contributed by atoms with E-state index < -0.39 is 0 Å². The highest BCUT2D eigenvalue weighted by molar-refractivity contribution is 6.31. The van der Waals surface area contributed by atoms with Gasteiger partial charge in [-0.05, 0) is 42.8 Å². The zero-order valence-electron chi connectivity index (χ0n) is 21.1. The van der Waals surface area contributed by atoms with Gasteiger partial charge in [-0.15, -0.1) is 6.42 Å². The maximum absolute atomic E-state index is 12.4. The maximum Gasteiger partial charge on any atom is 0.256 e. The Kier molecular flexibility index (Phi) is 9.02. The van der Waals surface area contributed by atoms with Crippen molar-refractivity contribution in [1.82, 2.24) is 19.9 Å². The highest BCUT2D eigenvalue weighted by Crippen LogP contribution is 2.34. The molecular weight excluding hydrogens is 516 g/mol. The van der Waals surface area contributed by atoms with Gasteiger partial charge in [0.15, 0.2) is 11.5 Å². The molecule has 0 saturated heterocycles. The summed E-state index contributed by atoms with van der Waals surface area (Å²) in [7, 11) is 1.57. The molecule has 196 valence electrons. The van der Waals surface area contributed by atoms with Gasteiger partial charge in [-0.2, -0.15) is 0 Å². The molecule has 0 aliphatic carbocycles. The molecule has 9 nitrogen and oxygen atoms in total. The summed E-state index contributed by atoms with van der Waals surface area (Å²) in [5.74, 6) is 4.27. The average Bonchev–Trinajstić information content (AvgIpc) is 2.95. The second kappa shape index (κ2) is 13.0. The number of hydrogen-bond acceptors (Lipinski definition) is 8. The lowest BCUT2D eigenvalue weighted by atomic mass is 10.2. The number of carbonyl (C=O) groups is 1. The smallest absolute Gasteiger partial charge is 0.256 e. The van der Waals surface area contributed by atoms with Crippen LogP contribution in [0.5, 0.6) is 11.5 Å². The number of aromatic nitrogens is 3. The molecule has 0 unspecified atom stereocenters. The molecule has 39 heavy (non-hydrogen) atoms. The van der Waals surface area contributed by atoms with Crippen LogP contribution in [0, 0.1) is 24.8 Å². The van der Waals surface area contributed by atoms with Crippen molar-refractivity contribution >= 4 is 45.7 Å². The fourth-order valence-electron chi connectivity index (χ4n) is 3.67. The van der Waals surface area contributed by atoms with Crippen molar-refractivity contribution in [3.8, 4) is 36.3 Å². The predicted molar refractivity (Wildman–Crippen MR) is 152 cm³/mol. The van der Waals surface area contributed by atoms with Crippen LogP contribution in [-0.4, -0.2) is 52.6 Å². The molecule has 2 N–H and O–H groups in total. The normalized spacial score (nSPS) is 10.3. The molecule has 4 rings (SSSR count).